The van der Waals surface area contributed by atoms with Gasteiger partial charge in [-0.2, -0.15) is 0 Å². The van der Waals surface area contributed by atoms with Gasteiger partial charge in [0.1, 0.15) is 5.60 Å². The van der Waals surface area contributed by atoms with E-state index >= 15 is 0 Å². The van der Waals surface area contributed by atoms with Gasteiger partial charge in [-0.05, 0) is 52.9 Å². The number of amides is 1. The Morgan fingerprint density at radius 1 is 1.40 bits per heavy atom. The first-order valence-electron chi connectivity index (χ1n) is 8.01. The predicted octanol–water partition coefficient (Wildman–Crippen LogP) is 3.59. The Morgan fingerprint density at radius 3 is 2.70 bits per heavy atom. The summed E-state index contributed by atoms with van der Waals surface area (Å²) in [6, 6.07) is 0.577. The highest BCUT2D eigenvalue weighted by Gasteiger charge is 2.20. The number of carbonyl (C=O) groups excluding carboxylic acids is 1. The fourth-order valence-electron chi connectivity index (χ4n) is 2.89. The Hall–Kier alpha value is -0.770. The molecule has 1 aliphatic rings. The summed E-state index contributed by atoms with van der Waals surface area (Å²) in [6.07, 6.45) is 8.03. The maximum absolute atomic E-state index is 11.6. The molecule has 0 bridgehead atoms. The fraction of sp³-hybridized carbons (Fsp3) is 0.938. The molecule has 0 radical (unpaired) electrons. The molecule has 3 atom stereocenters. The molecule has 3 N–H and O–H groups in total. The van der Waals surface area contributed by atoms with Crippen LogP contribution in [-0.2, 0) is 4.74 Å². The molecule has 118 valence electrons. The molecule has 4 nitrogen and oxygen atoms in total. The summed E-state index contributed by atoms with van der Waals surface area (Å²) in [6.45, 7) is 7.67. The Labute approximate surface area is 123 Å². The molecular formula is C16H32N2O2. The predicted molar refractivity (Wildman–Crippen MR) is 82.6 cm³/mol. The van der Waals surface area contributed by atoms with Gasteiger partial charge in [0, 0.05) is 12.1 Å². The van der Waals surface area contributed by atoms with Crippen LogP contribution in [0.2, 0.25) is 0 Å². The van der Waals surface area contributed by atoms with Crippen LogP contribution in [0, 0.1) is 5.92 Å². The van der Waals surface area contributed by atoms with E-state index in [2.05, 4.69) is 5.32 Å². The summed E-state index contributed by atoms with van der Waals surface area (Å²) in [5.41, 5.74) is 5.58. The van der Waals surface area contributed by atoms with Gasteiger partial charge >= 0.3 is 6.09 Å². The molecule has 1 fully saturated rings. The zero-order valence-electron chi connectivity index (χ0n) is 13.6. The van der Waals surface area contributed by atoms with Gasteiger partial charge in [0.25, 0.3) is 0 Å². The van der Waals surface area contributed by atoms with Crippen LogP contribution in [0.4, 0.5) is 4.79 Å². The van der Waals surface area contributed by atoms with E-state index in [1.807, 2.05) is 27.7 Å². The van der Waals surface area contributed by atoms with E-state index in [0.717, 1.165) is 18.8 Å². The molecule has 0 aromatic heterocycles. The van der Waals surface area contributed by atoms with Crippen LogP contribution < -0.4 is 11.1 Å². The van der Waals surface area contributed by atoms with Crippen molar-refractivity contribution in [2.24, 2.45) is 11.7 Å². The second-order valence-corrected chi connectivity index (χ2v) is 7.27. The Kier molecular flexibility index (Phi) is 6.80. The van der Waals surface area contributed by atoms with Crippen molar-refractivity contribution in [1.29, 1.82) is 0 Å². The molecule has 20 heavy (non-hydrogen) atoms. The van der Waals surface area contributed by atoms with Crippen LogP contribution in [0.5, 0.6) is 0 Å². The summed E-state index contributed by atoms with van der Waals surface area (Å²) in [7, 11) is 0. The third kappa shape index (κ3) is 7.73. The van der Waals surface area contributed by atoms with Crippen molar-refractivity contribution in [3.63, 3.8) is 0 Å². The number of ether oxygens (including phenoxy) is 1. The lowest BCUT2D eigenvalue weighted by molar-refractivity contribution is 0.0505. The third-order valence-corrected chi connectivity index (χ3v) is 3.84. The number of hydrogen-bond donors (Lipinski definition) is 2. The highest BCUT2D eigenvalue weighted by Crippen LogP contribution is 2.27. The van der Waals surface area contributed by atoms with Crippen molar-refractivity contribution >= 4 is 6.09 Å². The highest BCUT2D eigenvalue weighted by molar-refractivity contribution is 5.67. The first kappa shape index (κ1) is 17.3. The first-order valence-corrected chi connectivity index (χ1v) is 8.01. The molecule has 2 unspecified atom stereocenters. The molecule has 1 rings (SSSR count). The third-order valence-electron chi connectivity index (χ3n) is 3.84. The smallest absolute Gasteiger partial charge is 0.407 e. The van der Waals surface area contributed by atoms with E-state index in [1.165, 1.54) is 32.1 Å². The van der Waals surface area contributed by atoms with Crippen LogP contribution in [0.15, 0.2) is 0 Å². The molecule has 1 aliphatic carbocycles. The molecule has 0 aromatic rings. The topological polar surface area (TPSA) is 64.3 Å². The molecule has 0 heterocycles. The largest absolute Gasteiger partial charge is 0.444 e. The molecule has 0 spiro atoms. The number of alkyl carbamates (subject to hydrolysis) is 1. The van der Waals surface area contributed by atoms with Crippen LogP contribution in [0.25, 0.3) is 0 Å². The van der Waals surface area contributed by atoms with Crippen molar-refractivity contribution in [2.75, 3.05) is 0 Å². The van der Waals surface area contributed by atoms with Crippen molar-refractivity contribution in [3.8, 4) is 0 Å². The number of hydrogen-bond acceptors (Lipinski definition) is 3. The number of nitrogens with one attached hydrogen (secondary N) is 1. The van der Waals surface area contributed by atoms with Crippen LogP contribution in [-0.4, -0.2) is 23.8 Å². The molecule has 4 heteroatoms. The van der Waals surface area contributed by atoms with Gasteiger partial charge in [0.2, 0.25) is 0 Å². The van der Waals surface area contributed by atoms with Crippen molar-refractivity contribution in [3.05, 3.63) is 0 Å². The minimum absolute atomic E-state index is 0.169. The van der Waals surface area contributed by atoms with E-state index in [1.54, 1.807) is 0 Å². The van der Waals surface area contributed by atoms with Gasteiger partial charge in [-0.3, -0.25) is 0 Å². The number of carbonyl (C=O) groups is 1. The summed E-state index contributed by atoms with van der Waals surface area (Å²) in [5, 5.41) is 2.90. The van der Waals surface area contributed by atoms with Crippen LogP contribution >= 0.6 is 0 Å². The standard InChI is InChI=1S/C16H32N2O2/c1-12(18-15(19)20-16(2,3)4)7-5-8-13-9-6-10-14(17)11-13/h12-14H,5-11,17H2,1-4H3,(H,18,19)/t12?,13?,14-/m1/s1. The molecule has 1 saturated carbocycles. The minimum atomic E-state index is -0.429. The Bertz CT molecular complexity index is 299. The van der Waals surface area contributed by atoms with Crippen molar-refractivity contribution < 1.29 is 9.53 Å². The maximum Gasteiger partial charge on any atom is 0.407 e. The zero-order chi connectivity index (χ0) is 15.2. The summed E-state index contributed by atoms with van der Waals surface area (Å²) >= 11 is 0. The fourth-order valence-corrected chi connectivity index (χ4v) is 2.89. The molecule has 0 saturated heterocycles. The monoisotopic (exact) mass is 284 g/mol. The first-order chi connectivity index (χ1) is 9.26. The van der Waals surface area contributed by atoms with Crippen LogP contribution in [0.1, 0.15) is 72.6 Å². The van der Waals surface area contributed by atoms with Gasteiger partial charge in [-0.1, -0.05) is 25.7 Å². The maximum atomic E-state index is 11.6. The summed E-state index contributed by atoms with van der Waals surface area (Å²) < 4.78 is 5.25. The summed E-state index contributed by atoms with van der Waals surface area (Å²) in [5.74, 6) is 0.785. The quantitative estimate of drug-likeness (QED) is 0.811. The average molecular weight is 284 g/mol. The normalized spacial score (nSPS) is 25.1. The average Bonchev–Trinajstić information content (AvgIpc) is 2.25. The van der Waals surface area contributed by atoms with Gasteiger partial charge in [0.15, 0.2) is 0 Å². The number of nitrogens with two attached hydrogens (primary N) is 1. The van der Waals surface area contributed by atoms with Crippen molar-refractivity contribution in [2.45, 2.75) is 90.3 Å². The lowest BCUT2D eigenvalue weighted by Gasteiger charge is -2.27. The Balaban J connectivity index is 2.13. The van der Waals surface area contributed by atoms with Gasteiger partial charge in [-0.25, -0.2) is 4.79 Å². The molecule has 0 aliphatic heterocycles. The van der Waals surface area contributed by atoms with E-state index in [4.69, 9.17) is 10.5 Å². The Morgan fingerprint density at radius 2 is 2.10 bits per heavy atom. The van der Waals surface area contributed by atoms with E-state index in [9.17, 15) is 4.79 Å². The van der Waals surface area contributed by atoms with Gasteiger partial charge in [0.05, 0.1) is 0 Å². The van der Waals surface area contributed by atoms with E-state index in [0.29, 0.717) is 6.04 Å². The second kappa shape index (κ2) is 7.87. The van der Waals surface area contributed by atoms with Gasteiger partial charge in [-0.15, -0.1) is 0 Å². The molecular weight excluding hydrogens is 252 g/mol. The zero-order valence-corrected chi connectivity index (χ0v) is 13.6. The second-order valence-electron chi connectivity index (χ2n) is 7.27. The lowest BCUT2D eigenvalue weighted by Crippen LogP contribution is -2.37. The van der Waals surface area contributed by atoms with E-state index in [-0.39, 0.29) is 12.1 Å². The summed E-state index contributed by atoms with van der Waals surface area (Å²) in [4.78, 5) is 11.6. The van der Waals surface area contributed by atoms with Gasteiger partial charge < -0.3 is 15.8 Å². The van der Waals surface area contributed by atoms with Crippen molar-refractivity contribution in [1.82, 2.24) is 5.32 Å². The number of rotatable bonds is 5. The lowest BCUT2D eigenvalue weighted by atomic mass is 9.83. The van der Waals surface area contributed by atoms with Crippen LogP contribution in [0.3, 0.4) is 0 Å². The minimum Gasteiger partial charge on any atom is -0.444 e. The highest BCUT2D eigenvalue weighted by atomic mass is 16.6. The molecule has 0 aromatic carbocycles. The molecule has 1 amide bonds. The van der Waals surface area contributed by atoms with E-state index < -0.39 is 5.60 Å². The SMILES string of the molecule is CC(CCCC1CCC[C@@H](N)C1)NC(=O)OC(C)(C)C.